The van der Waals surface area contributed by atoms with E-state index < -0.39 is 17.9 Å². The molecule has 0 bridgehead atoms. The smallest absolute Gasteiger partial charge is 0.320 e. The summed E-state index contributed by atoms with van der Waals surface area (Å²) >= 11 is 0. The highest BCUT2D eigenvalue weighted by molar-refractivity contribution is 5.96. The number of Topliss-reactive ketones (excluding diaryl/α,β-unsaturated/α-hetero) is 1. The third-order valence-electron chi connectivity index (χ3n) is 12.4. The van der Waals surface area contributed by atoms with Crippen molar-refractivity contribution in [3.63, 3.8) is 0 Å². The Labute approximate surface area is 237 Å². The fourth-order valence-electron chi connectivity index (χ4n) is 10.6. The van der Waals surface area contributed by atoms with Crippen LogP contribution in [-0.2, 0) is 23.9 Å². The highest BCUT2D eigenvalue weighted by Crippen LogP contribution is 2.69. The van der Waals surface area contributed by atoms with Crippen LogP contribution >= 0.6 is 0 Å². The first kappa shape index (κ1) is 30.6. The number of esters is 2. The van der Waals surface area contributed by atoms with E-state index in [-0.39, 0.29) is 42.7 Å². The molecule has 0 heterocycles. The Morgan fingerprint density at radius 2 is 1.51 bits per heavy atom. The highest BCUT2D eigenvalue weighted by atomic mass is 16.6. The number of hydrogen-bond acceptors (Lipinski definition) is 5. The molecule has 0 saturated heterocycles. The molecule has 0 aromatic carbocycles. The summed E-state index contributed by atoms with van der Waals surface area (Å²) in [5.74, 6) is 2.14. The molecule has 9 atom stereocenters. The Hall–Kier alpha value is -1.39. The molecule has 0 aliphatic heterocycles. The number of rotatable bonds is 10. The number of ether oxygens (including phenoxy) is 2. The molecule has 4 rings (SSSR count). The van der Waals surface area contributed by atoms with Gasteiger partial charge in [-0.25, -0.2) is 0 Å². The molecular formula is C34H56O5. The molecule has 4 saturated carbocycles. The monoisotopic (exact) mass is 544 g/mol. The Morgan fingerprint density at radius 3 is 2.13 bits per heavy atom. The van der Waals surface area contributed by atoms with Crippen molar-refractivity contribution in [1.82, 2.24) is 0 Å². The van der Waals surface area contributed by atoms with Crippen LogP contribution in [0.2, 0.25) is 0 Å². The number of hydrogen-bond donors (Lipinski definition) is 0. The van der Waals surface area contributed by atoms with E-state index in [4.69, 9.17) is 9.47 Å². The van der Waals surface area contributed by atoms with E-state index in [0.29, 0.717) is 29.6 Å². The van der Waals surface area contributed by atoms with Crippen molar-refractivity contribution >= 4 is 17.7 Å². The minimum atomic E-state index is -1.01. The van der Waals surface area contributed by atoms with E-state index in [1.807, 2.05) is 0 Å². The zero-order valence-corrected chi connectivity index (χ0v) is 25.9. The zero-order chi connectivity index (χ0) is 28.5. The average Bonchev–Trinajstić information content (AvgIpc) is 3.22. The minimum absolute atomic E-state index is 0.191. The van der Waals surface area contributed by atoms with Gasteiger partial charge in [-0.15, -0.1) is 0 Å². The van der Waals surface area contributed by atoms with Gasteiger partial charge < -0.3 is 9.47 Å². The summed E-state index contributed by atoms with van der Waals surface area (Å²) in [7, 11) is 0. The number of carbonyl (C=O) groups is 3. The van der Waals surface area contributed by atoms with Gasteiger partial charge in [0.05, 0.1) is 13.2 Å². The van der Waals surface area contributed by atoms with Crippen LogP contribution in [0.5, 0.6) is 0 Å². The molecule has 4 fully saturated rings. The lowest BCUT2D eigenvalue weighted by Crippen LogP contribution is -2.59. The summed E-state index contributed by atoms with van der Waals surface area (Å²) in [5, 5.41) is 0. The Bertz CT molecular complexity index is 878. The van der Waals surface area contributed by atoms with Gasteiger partial charge >= 0.3 is 11.9 Å². The molecule has 5 nitrogen and oxygen atoms in total. The van der Waals surface area contributed by atoms with Gasteiger partial charge in [-0.1, -0.05) is 53.9 Å². The molecule has 0 amide bonds. The fourth-order valence-corrected chi connectivity index (χ4v) is 10.6. The van der Waals surface area contributed by atoms with E-state index >= 15 is 0 Å². The first-order chi connectivity index (χ1) is 18.5. The Morgan fingerprint density at radius 1 is 0.846 bits per heavy atom. The van der Waals surface area contributed by atoms with Crippen LogP contribution < -0.4 is 0 Å². The van der Waals surface area contributed by atoms with Crippen LogP contribution in [0.3, 0.4) is 0 Å². The SMILES string of the molecule is CCOC(=O)C(C(=O)OCC)[C@H]1CC(=O)C[C@@H]2CC[C@H]3[C@@H]4CC[C@H]([C@H](C)CCCC(C)C)[C@@]4(C)CC[C@@H]3[C@]21C. The van der Waals surface area contributed by atoms with Crippen molar-refractivity contribution in [1.29, 1.82) is 0 Å². The lowest BCUT2D eigenvalue weighted by molar-refractivity contribution is -0.184. The van der Waals surface area contributed by atoms with Crippen LogP contribution in [-0.4, -0.2) is 30.9 Å². The normalized spacial score (nSPS) is 38.6. The molecule has 222 valence electrons. The second-order valence-corrected chi connectivity index (χ2v) is 14.6. The topological polar surface area (TPSA) is 69.7 Å². The Kier molecular flexibility index (Phi) is 9.59. The van der Waals surface area contributed by atoms with Gasteiger partial charge in [0.15, 0.2) is 5.92 Å². The summed E-state index contributed by atoms with van der Waals surface area (Å²) < 4.78 is 10.9. The molecule has 39 heavy (non-hydrogen) atoms. The van der Waals surface area contributed by atoms with Crippen molar-refractivity contribution in [3.05, 3.63) is 0 Å². The minimum Gasteiger partial charge on any atom is -0.465 e. The number of fused-ring (bicyclic) bond motifs is 5. The van der Waals surface area contributed by atoms with E-state index in [1.165, 1.54) is 44.9 Å². The molecule has 0 aromatic rings. The van der Waals surface area contributed by atoms with Crippen molar-refractivity contribution in [2.75, 3.05) is 13.2 Å². The molecule has 0 spiro atoms. The lowest BCUT2D eigenvalue weighted by Gasteiger charge is -2.63. The standard InChI is InChI=1S/C34H56O5/c1-8-38-31(36)30(32(37)39-9-2)29-20-24(35)19-23-13-14-25-27-16-15-26(22(5)12-10-11-21(3)4)33(27,6)18-17-28(25)34(23,29)7/h21-23,25-30H,8-20H2,1-7H3/t22-,23+,25+,26-,27+,28+,29-,33-,34+/m1/s1. The largest absolute Gasteiger partial charge is 0.465 e. The summed E-state index contributed by atoms with van der Waals surface area (Å²) in [5.41, 5.74) is 0.145. The highest BCUT2D eigenvalue weighted by Gasteiger charge is 2.64. The first-order valence-corrected chi connectivity index (χ1v) is 16.3. The van der Waals surface area contributed by atoms with Crippen LogP contribution in [0.4, 0.5) is 0 Å². The van der Waals surface area contributed by atoms with Gasteiger partial charge in [0.2, 0.25) is 0 Å². The number of ketones is 1. The molecule has 0 radical (unpaired) electrons. The van der Waals surface area contributed by atoms with Crippen LogP contribution in [0.15, 0.2) is 0 Å². The third kappa shape index (κ3) is 5.59. The second kappa shape index (κ2) is 12.2. The first-order valence-electron chi connectivity index (χ1n) is 16.3. The maximum absolute atomic E-state index is 13.3. The Balaban J connectivity index is 1.62. The summed E-state index contributed by atoms with van der Waals surface area (Å²) in [4.78, 5) is 39.6. The average molecular weight is 545 g/mol. The van der Waals surface area contributed by atoms with E-state index in [2.05, 4.69) is 34.6 Å². The molecular weight excluding hydrogens is 488 g/mol. The molecule has 5 heteroatoms. The molecule has 0 aromatic heterocycles. The zero-order valence-electron chi connectivity index (χ0n) is 25.9. The van der Waals surface area contributed by atoms with Gasteiger partial charge in [0, 0.05) is 12.8 Å². The predicted molar refractivity (Wildman–Crippen MR) is 154 cm³/mol. The van der Waals surface area contributed by atoms with Gasteiger partial charge in [-0.2, -0.15) is 0 Å². The summed E-state index contributed by atoms with van der Waals surface area (Å²) in [6.45, 7) is 16.1. The van der Waals surface area contributed by atoms with Gasteiger partial charge in [0.25, 0.3) is 0 Å². The second-order valence-electron chi connectivity index (χ2n) is 14.6. The van der Waals surface area contributed by atoms with Gasteiger partial charge in [-0.3, -0.25) is 14.4 Å². The fraction of sp³-hybridized carbons (Fsp3) is 0.912. The molecule has 0 unspecified atom stereocenters. The van der Waals surface area contributed by atoms with Crippen molar-refractivity contribution in [3.8, 4) is 0 Å². The number of carbonyl (C=O) groups excluding carboxylic acids is 3. The van der Waals surface area contributed by atoms with Crippen molar-refractivity contribution in [2.24, 2.45) is 64.1 Å². The molecule has 4 aliphatic carbocycles. The van der Waals surface area contributed by atoms with E-state index in [0.717, 1.165) is 30.6 Å². The van der Waals surface area contributed by atoms with E-state index in [9.17, 15) is 14.4 Å². The van der Waals surface area contributed by atoms with Crippen LogP contribution in [0, 0.1) is 64.1 Å². The van der Waals surface area contributed by atoms with Crippen molar-refractivity contribution < 1.29 is 23.9 Å². The summed E-state index contributed by atoms with van der Waals surface area (Å²) in [6, 6.07) is 0. The van der Waals surface area contributed by atoms with Gasteiger partial charge in [0.1, 0.15) is 5.78 Å². The quantitative estimate of drug-likeness (QED) is 0.209. The van der Waals surface area contributed by atoms with Crippen molar-refractivity contribution in [2.45, 2.75) is 119 Å². The van der Waals surface area contributed by atoms with Crippen LogP contribution in [0.25, 0.3) is 0 Å². The molecule has 4 aliphatic rings. The maximum atomic E-state index is 13.3. The lowest BCUT2D eigenvalue weighted by atomic mass is 9.41. The predicted octanol–water partition coefficient (Wildman–Crippen LogP) is 7.65. The van der Waals surface area contributed by atoms with Crippen LogP contribution in [0.1, 0.15) is 119 Å². The maximum Gasteiger partial charge on any atom is 0.320 e. The van der Waals surface area contributed by atoms with Gasteiger partial charge in [-0.05, 0) is 111 Å². The molecule has 0 N–H and O–H groups in total. The van der Waals surface area contributed by atoms with E-state index in [1.54, 1.807) is 13.8 Å². The third-order valence-corrected chi connectivity index (χ3v) is 12.4. The summed E-state index contributed by atoms with van der Waals surface area (Å²) in [6.07, 6.45) is 12.1.